The van der Waals surface area contributed by atoms with Crippen LogP contribution in [-0.2, 0) is 4.74 Å². The number of anilines is 1. The van der Waals surface area contributed by atoms with Gasteiger partial charge < -0.3 is 14.4 Å². The summed E-state index contributed by atoms with van der Waals surface area (Å²) in [5, 5.41) is 1.06. The zero-order chi connectivity index (χ0) is 17.0. The van der Waals surface area contributed by atoms with Gasteiger partial charge in [0.25, 0.3) is 0 Å². The van der Waals surface area contributed by atoms with E-state index in [1.807, 2.05) is 26.8 Å². The van der Waals surface area contributed by atoms with Gasteiger partial charge in [0.15, 0.2) is 0 Å². The van der Waals surface area contributed by atoms with Crippen molar-refractivity contribution in [3.63, 3.8) is 0 Å². The molecule has 126 valence electrons. The highest BCUT2D eigenvalue weighted by molar-refractivity contribution is 5.88. The van der Waals surface area contributed by atoms with Crippen LogP contribution in [0.25, 0.3) is 10.9 Å². The molecule has 0 saturated carbocycles. The smallest absolute Gasteiger partial charge is 0.130 e. The molecule has 4 heteroatoms. The van der Waals surface area contributed by atoms with Crippen molar-refractivity contribution < 1.29 is 9.47 Å². The summed E-state index contributed by atoms with van der Waals surface area (Å²) in [6, 6.07) is 8.37. The molecule has 1 aromatic heterocycles. The monoisotopic (exact) mass is 316 g/mol. The fourth-order valence-corrected chi connectivity index (χ4v) is 3.06. The standard InChI is InChI=1S/C17H22N2O2.C2H6/c1-11-7-17(20-4)15-8-14(5-6-16(15)18-11)19-9-12(2)21-13(3)10-19;1-2/h5-8,12-13H,9-10H2,1-4H3;1-2H3. The van der Waals surface area contributed by atoms with Crippen LogP contribution < -0.4 is 9.64 Å². The summed E-state index contributed by atoms with van der Waals surface area (Å²) in [7, 11) is 1.71. The SMILES string of the molecule is CC.COc1cc(C)nc2ccc(N3CC(C)OC(C)C3)cc12. The highest BCUT2D eigenvalue weighted by Gasteiger charge is 2.22. The van der Waals surface area contributed by atoms with E-state index in [0.717, 1.165) is 35.4 Å². The number of aryl methyl sites for hydroxylation is 1. The minimum atomic E-state index is 0.252. The second-order valence-corrected chi connectivity index (χ2v) is 5.83. The first-order valence-electron chi connectivity index (χ1n) is 8.42. The Hall–Kier alpha value is -1.81. The molecule has 3 rings (SSSR count). The van der Waals surface area contributed by atoms with Crippen LogP contribution in [0.15, 0.2) is 24.3 Å². The maximum Gasteiger partial charge on any atom is 0.130 e. The molecule has 0 N–H and O–H groups in total. The molecule has 2 aromatic rings. The first-order valence-corrected chi connectivity index (χ1v) is 8.42. The molecule has 0 radical (unpaired) electrons. The lowest BCUT2D eigenvalue weighted by molar-refractivity contribution is -0.00520. The van der Waals surface area contributed by atoms with Crippen LogP contribution in [0.1, 0.15) is 33.4 Å². The normalized spacial score (nSPS) is 20.9. The Morgan fingerprint density at radius 2 is 1.78 bits per heavy atom. The lowest BCUT2D eigenvalue weighted by Gasteiger charge is -2.37. The van der Waals surface area contributed by atoms with E-state index in [1.54, 1.807) is 7.11 Å². The number of benzene rings is 1. The van der Waals surface area contributed by atoms with Crippen molar-refractivity contribution >= 4 is 16.6 Å². The van der Waals surface area contributed by atoms with Gasteiger partial charge in [-0.05, 0) is 39.0 Å². The van der Waals surface area contributed by atoms with Gasteiger partial charge in [-0.15, -0.1) is 0 Å². The van der Waals surface area contributed by atoms with E-state index in [9.17, 15) is 0 Å². The minimum absolute atomic E-state index is 0.252. The van der Waals surface area contributed by atoms with E-state index >= 15 is 0 Å². The van der Waals surface area contributed by atoms with Crippen LogP contribution in [0.2, 0.25) is 0 Å². The van der Waals surface area contributed by atoms with Gasteiger partial charge in [0, 0.05) is 35.9 Å². The van der Waals surface area contributed by atoms with Crippen LogP contribution in [0.5, 0.6) is 5.75 Å². The van der Waals surface area contributed by atoms with E-state index in [2.05, 4.69) is 41.9 Å². The Labute approximate surface area is 139 Å². The van der Waals surface area contributed by atoms with Gasteiger partial charge in [-0.2, -0.15) is 0 Å². The zero-order valence-electron chi connectivity index (χ0n) is 15.1. The predicted molar refractivity (Wildman–Crippen MR) is 96.6 cm³/mol. The quantitative estimate of drug-likeness (QED) is 0.832. The van der Waals surface area contributed by atoms with Crippen LogP contribution >= 0.6 is 0 Å². The maximum absolute atomic E-state index is 5.81. The highest BCUT2D eigenvalue weighted by atomic mass is 16.5. The Kier molecular flexibility index (Phi) is 5.83. The molecule has 1 aliphatic rings. The summed E-state index contributed by atoms with van der Waals surface area (Å²) < 4.78 is 11.3. The van der Waals surface area contributed by atoms with Crippen LogP contribution in [0, 0.1) is 6.92 Å². The van der Waals surface area contributed by atoms with Gasteiger partial charge in [-0.1, -0.05) is 13.8 Å². The maximum atomic E-state index is 5.81. The van der Waals surface area contributed by atoms with Crippen molar-refractivity contribution in [1.29, 1.82) is 0 Å². The molecule has 2 atom stereocenters. The topological polar surface area (TPSA) is 34.6 Å². The highest BCUT2D eigenvalue weighted by Crippen LogP contribution is 2.30. The summed E-state index contributed by atoms with van der Waals surface area (Å²) in [6.45, 7) is 12.1. The third kappa shape index (κ3) is 3.94. The largest absolute Gasteiger partial charge is 0.496 e. The minimum Gasteiger partial charge on any atom is -0.496 e. The molecular formula is C19H28N2O2. The number of hydrogen-bond acceptors (Lipinski definition) is 4. The molecule has 1 aliphatic heterocycles. The van der Waals surface area contributed by atoms with E-state index in [4.69, 9.17) is 9.47 Å². The van der Waals surface area contributed by atoms with Crippen LogP contribution in [-0.4, -0.2) is 37.4 Å². The second kappa shape index (κ2) is 7.64. The number of ether oxygens (including phenoxy) is 2. The molecule has 1 aromatic carbocycles. The van der Waals surface area contributed by atoms with Crippen molar-refractivity contribution in [3.8, 4) is 5.75 Å². The Morgan fingerprint density at radius 3 is 2.39 bits per heavy atom. The van der Waals surface area contributed by atoms with E-state index in [-0.39, 0.29) is 12.2 Å². The average Bonchev–Trinajstić information content (AvgIpc) is 2.54. The molecule has 2 heterocycles. The molecular weight excluding hydrogens is 288 g/mol. The molecule has 0 amide bonds. The fourth-order valence-electron chi connectivity index (χ4n) is 3.06. The zero-order valence-corrected chi connectivity index (χ0v) is 15.1. The molecule has 0 aliphatic carbocycles. The number of nitrogens with zero attached hydrogens (tertiary/aromatic N) is 2. The first-order chi connectivity index (χ1) is 11.1. The molecule has 1 fully saturated rings. The van der Waals surface area contributed by atoms with Gasteiger partial charge in [-0.25, -0.2) is 0 Å². The molecule has 23 heavy (non-hydrogen) atoms. The van der Waals surface area contributed by atoms with Crippen molar-refractivity contribution in [2.75, 3.05) is 25.1 Å². The third-order valence-electron chi connectivity index (χ3n) is 3.89. The van der Waals surface area contributed by atoms with Gasteiger partial charge in [0.2, 0.25) is 0 Å². The Bertz CT molecular complexity index is 647. The number of methoxy groups -OCH3 is 1. The van der Waals surface area contributed by atoms with Crippen molar-refractivity contribution in [2.24, 2.45) is 0 Å². The lowest BCUT2D eigenvalue weighted by atomic mass is 10.1. The number of fused-ring (bicyclic) bond motifs is 1. The van der Waals surface area contributed by atoms with Crippen molar-refractivity contribution in [1.82, 2.24) is 4.98 Å². The average molecular weight is 316 g/mol. The van der Waals surface area contributed by atoms with E-state index in [1.165, 1.54) is 5.69 Å². The number of rotatable bonds is 2. The van der Waals surface area contributed by atoms with Gasteiger partial charge in [0.05, 0.1) is 24.8 Å². The predicted octanol–water partition coefficient (Wildman–Crippen LogP) is 4.19. The van der Waals surface area contributed by atoms with Crippen molar-refractivity contribution in [3.05, 3.63) is 30.0 Å². The fraction of sp³-hybridized carbons (Fsp3) is 0.526. The van der Waals surface area contributed by atoms with Crippen molar-refractivity contribution in [2.45, 2.75) is 46.8 Å². The van der Waals surface area contributed by atoms with Crippen LogP contribution in [0.4, 0.5) is 5.69 Å². The Morgan fingerprint density at radius 1 is 1.13 bits per heavy atom. The summed E-state index contributed by atoms with van der Waals surface area (Å²) >= 11 is 0. The molecule has 4 nitrogen and oxygen atoms in total. The van der Waals surface area contributed by atoms with Gasteiger partial charge in [0.1, 0.15) is 5.75 Å². The van der Waals surface area contributed by atoms with Gasteiger partial charge >= 0.3 is 0 Å². The summed E-state index contributed by atoms with van der Waals surface area (Å²) in [5.41, 5.74) is 3.15. The van der Waals surface area contributed by atoms with E-state index in [0.29, 0.717) is 0 Å². The number of morpholine rings is 1. The number of hydrogen-bond donors (Lipinski definition) is 0. The summed E-state index contributed by atoms with van der Waals surface area (Å²) in [6.07, 6.45) is 0.505. The summed E-state index contributed by atoms with van der Waals surface area (Å²) in [4.78, 5) is 6.95. The lowest BCUT2D eigenvalue weighted by Crippen LogP contribution is -2.45. The summed E-state index contributed by atoms with van der Waals surface area (Å²) in [5.74, 6) is 0.883. The second-order valence-electron chi connectivity index (χ2n) is 5.83. The number of aromatic nitrogens is 1. The molecule has 0 spiro atoms. The molecule has 0 bridgehead atoms. The third-order valence-corrected chi connectivity index (χ3v) is 3.89. The molecule has 1 saturated heterocycles. The Balaban J connectivity index is 0.000000924. The van der Waals surface area contributed by atoms with Crippen LogP contribution in [0.3, 0.4) is 0 Å². The van der Waals surface area contributed by atoms with E-state index < -0.39 is 0 Å². The molecule has 2 unspecified atom stereocenters. The van der Waals surface area contributed by atoms with Gasteiger partial charge in [-0.3, -0.25) is 4.98 Å². The first kappa shape index (κ1) is 17.5. The number of pyridine rings is 1.